The Kier molecular flexibility index (Phi) is 10.2. The van der Waals surface area contributed by atoms with Crippen molar-refractivity contribution in [3.63, 3.8) is 0 Å². The fraction of sp³-hybridized carbons (Fsp3) is 0.529. The minimum absolute atomic E-state index is 0.0431. The van der Waals surface area contributed by atoms with E-state index in [1.54, 1.807) is 18.7 Å². The van der Waals surface area contributed by atoms with E-state index in [9.17, 15) is 19.2 Å². The van der Waals surface area contributed by atoms with Crippen LogP contribution < -0.4 is 5.73 Å². The van der Waals surface area contributed by atoms with Gasteiger partial charge in [-0.05, 0) is 103 Å². The number of nitrogens with two attached hydrogens (primary N) is 1. The van der Waals surface area contributed by atoms with Gasteiger partial charge < -0.3 is 15.2 Å². The standard InChI is InChI=1S/C21H31NO3.C13H15NO3/c1-14(23)17-10-8-9-15-11-12-16(13-18(15)17)25-19(24)22(20(2,3)4)21(5,6)7;1-8(15)11-4-2-3-9-5-6-10(7-12(9)11)17-13(14)16/h8-10,16H,11-13H2,1-7H3;2-4,10H,5-7H2,1H3,(H2,14,16). The zero-order chi connectivity index (χ0) is 31.4. The molecule has 2 amide bonds. The van der Waals surface area contributed by atoms with E-state index < -0.39 is 6.09 Å². The van der Waals surface area contributed by atoms with Crippen molar-refractivity contribution in [3.8, 4) is 0 Å². The number of ketones is 2. The maximum atomic E-state index is 12.9. The highest BCUT2D eigenvalue weighted by molar-refractivity contribution is 5.96. The van der Waals surface area contributed by atoms with Gasteiger partial charge in [0.15, 0.2) is 11.6 Å². The van der Waals surface area contributed by atoms with Gasteiger partial charge in [0, 0.05) is 35.0 Å². The molecule has 0 saturated heterocycles. The van der Waals surface area contributed by atoms with Crippen LogP contribution in [0.5, 0.6) is 0 Å². The van der Waals surface area contributed by atoms with E-state index in [-0.39, 0.29) is 40.9 Å². The molecule has 0 aliphatic heterocycles. The second kappa shape index (κ2) is 13.1. The van der Waals surface area contributed by atoms with Gasteiger partial charge in [-0.2, -0.15) is 0 Å². The van der Waals surface area contributed by atoms with Crippen LogP contribution in [0.25, 0.3) is 0 Å². The van der Waals surface area contributed by atoms with E-state index in [2.05, 4.69) is 6.07 Å². The number of fused-ring (bicyclic) bond motifs is 2. The second-order valence-corrected chi connectivity index (χ2v) is 13.2. The summed E-state index contributed by atoms with van der Waals surface area (Å²) in [5.41, 5.74) is 10.2. The quantitative estimate of drug-likeness (QED) is 0.408. The molecule has 2 atom stereocenters. The van der Waals surface area contributed by atoms with E-state index in [4.69, 9.17) is 15.2 Å². The van der Waals surface area contributed by atoms with Crippen molar-refractivity contribution in [2.45, 2.75) is 117 Å². The highest BCUT2D eigenvalue weighted by Crippen LogP contribution is 2.30. The van der Waals surface area contributed by atoms with Gasteiger partial charge in [0.2, 0.25) is 0 Å². The molecule has 0 saturated carbocycles. The molecule has 0 heterocycles. The number of ether oxygens (including phenoxy) is 2. The Bertz CT molecular complexity index is 1320. The SMILES string of the molecule is CC(=O)c1cccc2c1CC(OC(=O)N(C(C)(C)C)C(C)(C)C)CC2.CC(=O)c1cccc2c1CC(OC(N)=O)CC2. The van der Waals surface area contributed by atoms with Gasteiger partial charge in [0.1, 0.15) is 12.2 Å². The summed E-state index contributed by atoms with van der Waals surface area (Å²) in [5, 5.41) is 0. The normalized spacial score (nSPS) is 17.9. The Morgan fingerprint density at radius 1 is 0.714 bits per heavy atom. The number of amides is 2. The van der Waals surface area contributed by atoms with Crippen LogP contribution in [0.1, 0.15) is 111 Å². The second-order valence-electron chi connectivity index (χ2n) is 13.2. The minimum Gasteiger partial charge on any atom is -0.446 e. The van der Waals surface area contributed by atoms with Crippen molar-refractivity contribution in [3.05, 3.63) is 69.8 Å². The van der Waals surface area contributed by atoms with Crippen molar-refractivity contribution in [1.29, 1.82) is 0 Å². The molecule has 228 valence electrons. The summed E-state index contributed by atoms with van der Waals surface area (Å²) in [7, 11) is 0. The first-order valence-corrected chi connectivity index (χ1v) is 14.7. The van der Waals surface area contributed by atoms with Crippen molar-refractivity contribution >= 4 is 23.8 Å². The predicted octanol–water partition coefficient (Wildman–Crippen LogP) is 6.62. The van der Waals surface area contributed by atoms with Gasteiger partial charge in [-0.1, -0.05) is 36.4 Å². The van der Waals surface area contributed by atoms with Crippen LogP contribution in [0.2, 0.25) is 0 Å². The summed E-state index contributed by atoms with van der Waals surface area (Å²) in [6.45, 7) is 15.2. The Morgan fingerprint density at radius 3 is 1.48 bits per heavy atom. The number of benzene rings is 2. The van der Waals surface area contributed by atoms with Crippen LogP contribution in [0.4, 0.5) is 9.59 Å². The zero-order valence-corrected chi connectivity index (χ0v) is 26.3. The van der Waals surface area contributed by atoms with E-state index in [0.717, 1.165) is 47.9 Å². The first kappa shape index (κ1) is 32.8. The number of aryl methyl sites for hydroxylation is 2. The lowest BCUT2D eigenvalue weighted by molar-refractivity contribution is -0.00267. The number of carbonyl (C=O) groups excluding carboxylic acids is 4. The van der Waals surface area contributed by atoms with Crippen LogP contribution in [0.3, 0.4) is 0 Å². The van der Waals surface area contributed by atoms with Crippen molar-refractivity contribution in [2.24, 2.45) is 5.73 Å². The monoisotopic (exact) mass is 578 g/mol. The molecule has 2 unspecified atom stereocenters. The molecule has 0 fully saturated rings. The summed E-state index contributed by atoms with van der Waals surface area (Å²) in [6, 6.07) is 11.6. The average molecular weight is 579 g/mol. The Hall–Kier alpha value is -3.68. The maximum absolute atomic E-state index is 12.9. The Balaban J connectivity index is 0.000000247. The molecule has 2 aliphatic rings. The number of hydrogen-bond acceptors (Lipinski definition) is 6. The third kappa shape index (κ3) is 8.20. The van der Waals surface area contributed by atoms with Gasteiger partial charge in [-0.3, -0.25) is 14.5 Å². The predicted molar refractivity (Wildman–Crippen MR) is 163 cm³/mol. The van der Waals surface area contributed by atoms with Gasteiger partial charge >= 0.3 is 12.2 Å². The first-order chi connectivity index (χ1) is 19.5. The third-order valence-electron chi connectivity index (χ3n) is 7.71. The van der Waals surface area contributed by atoms with E-state index in [1.165, 1.54) is 11.1 Å². The van der Waals surface area contributed by atoms with Gasteiger partial charge in [0.05, 0.1) is 0 Å². The minimum atomic E-state index is -0.751. The molecule has 4 rings (SSSR count). The maximum Gasteiger partial charge on any atom is 0.410 e. The lowest BCUT2D eigenvalue weighted by Gasteiger charge is -2.45. The Morgan fingerprint density at radius 2 is 1.12 bits per heavy atom. The van der Waals surface area contributed by atoms with E-state index in [0.29, 0.717) is 12.8 Å². The molecule has 42 heavy (non-hydrogen) atoms. The number of nitrogens with zero attached hydrogens (tertiary/aromatic N) is 1. The molecule has 8 nitrogen and oxygen atoms in total. The molecular formula is C34H46N2O6. The van der Waals surface area contributed by atoms with Crippen molar-refractivity contribution in [2.75, 3.05) is 0 Å². The number of Topliss-reactive ketones (excluding diaryl/α,β-unsaturated/α-hetero) is 2. The number of primary amides is 1. The van der Waals surface area contributed by atoms with E-state index in [1.807, 2.05) is 71.9 Å². The molecule has 8 heteroatoms. The fourth-order valence-corrected chi connectivity index (χ4v) is 6.29. The summed E-state index contributed by atoms with van der Waals surface area (Å²) in [5.74, 6) is 0.108. The average Bonchev–Trinajstić information content (AvgIpc) is 2.86. The van der Waals surface area contributed by atoms with Crippen LogP contribution >= 0.6 is 0 Å². The molecule has 2 N–H and O–H groups in total. The van der Waals surface area contributed by atoms with Gasteiger partial charge in [-0.25, -0.2) is 9.59 Å². The van der Waals surface area contributed by atoms with Crippen molar-refractivity contribution < 1.29 is 28.7 Å². The number of carbonyl (C=O) groups is 4. The van der Waals surface area contributed by atoms with Crippen LogP contribution in [0.15, 0.2) is 36.4 Å². The number of rotatable bonds is 4. The van der Waals surface area contributed by atoms with Crippen LogP contribution in [0, 0.1) is 0 Å². The van der Waals surface area contributed by atoms with Crippen LogP contribution in [-0.4, -0.2) is 51.9 Å². The lowest BCUT2D eigenvalue weighted by atomic mass is 9.85. The highest BCUT2D eigenvalue weighted by atomic mass is 16.6. The fourth-order valence-electron chi connectivity index (χ4n) is 6.29. The lowest BCUT2D eigenvalue weighted by Crippen LogP contribution is -2.56. The third-order valence-corrected chi connectivity index (χ3v) is 7.71. The molecular weight excluding hydrogens is 532 g/mol. The topological polar surface area (TPSA) is 116 Å². The molecule has 2 aromatic rings. The first-order valence-electron chi connectivity index (χ1n) is 14.7. The van der Waals surface area contributed by atoms with E-state index >= 15 is 0 Å². The number of hydrogen-bond donors (Lipinski definition) is 1. The van der Waals surface area contributed by atoms with Crippen LogP contribution in [-0.2, 0) is 35.2 Å². The smallest absolute Gasteiger partial charge is 0.410 e. The highest BCUT2D eigenvalue weighted by Gasteiger charge is 2.38. The van der Waals surface area contributed by atoms with Gasteiger partial charge in [-0.15, -0.1) is 0 Å². The zero-order valence-electron chi connectivity index (χ0n) is 26.3. The van der Waals surface area contributed by atoms with Crippen molar-refractivity contribution in [1.82, 2.24) is 4.90 Å². The molecule has 0 aromatic heterocycles. The molecule has 0 bridgehead atoms. The van der Waals surface area contributed by atoms with Gasteiger partial charge in [0.25, 0.3) is 0 Å². The Labute approximate surface area is 249 Å². The molecule has 0 radical (unpaired) electrons. The largest absolute Gasteiger partial charge is 0.446 e. The summed E-state index contributed by atoms with van der Waals surface area (Å²) in [4.78, 5) is 48.8. The molecule has 2 aromatic carbocycles. The molecule has 0 spiro atoms. The molecule has 2 aliphatic carbocycles. The summed E-state index contributed by atoms with van der Waals surface area (Å²) >= 11 is 0. The summed E-state index contributed by atoms with van der Waals surface area (Å²) < 4.78 is 10.9. The summed E-state index contributed by atoms with van der Waals surface area (Å²) in [6.07, 6.45) is 2.96.